The molecule has 1 aliphatic carbocycles. The predicted octanol–water partition coefficient (Wildman–Crippen LogP) is 3.24. The SMILES string of the molecule is O=C(CCC1CCCC1)Nc1cccc2c1CNCC2. The maximum Gasteiger partial charge on any atom is 0.224 e. The number of benzene rings is 1. The number of rotatable bonds is 4. The molecule has 2 N–H and O–H groups in total. The van der Waals surface area contributed by atoms with E-state index in [1.165, 1.54) is 36.8 Å². The third kappa shape index (κ3) is 3.21. The largest absolute Gasteiger partial charge is 0.326 e. The van der Waals surface area contributed by atoms with Crippen LogP contribution in [0.2, 0.25) is 0 Å². The van der Waals surface area contributed by atoms with Gasteiger partial charge in [0.25, 0.3) is 0 Å². The molecular formula is C17H24N2O. The van der Waals surface area contributed by atoms with Crippen LogP contribution in [-0.4, -0.2) is 12.5 Å². The van der Waals surface area contributed by atoms with E-state index in [0.29, 0.717) is 6.42 Å². The van der Waals surface area contributed by atoms with E-state index in [1.807, 2.05) is 6.07 Å². The van der Waals surface area contributed by atoms with Gasteiger partial charge in [-0.25, -0.2) is 0 Å². The van der Waals surface area contributed by atoms with Crippen LogP contribution in [0.3, 0.4) is 0 Å². The molecule has 1 aromatic rings. The summed E-state index contributed by atoms with van der Waals surface area (Å²) < 4.78 is 0. The van der Waals surface area contributed by atoms with Crippen molar-refractivity contribution >= 4 is 11.6 Å². The van der Waals surface area contributed by atoms with Crippen LogP contribution in [0.5, 0.6) is 0 Å². The molecule has 2 aliphatic rings. The Morgan fingerprint density at radius 1 is 1.30 bits per heavy atom. The average Bonchev–Trinajstić information content (AvgIpc) is 2.99. The van der Waals surface area contributed by atoms with E-state index >= 15 is 0 Å². The number of hydrogen-bond donors (Lipinski definition) is 2. The summed E-state index contributed by atoms with van der Waals surface area (Å²) in [7, 11) is 0. The number of anilines is 1. The molecule has 3 heteroatoms. The fourth-order valence-electron chi connectivity index (χ4n) is 3.48. The zero-order valence-electron chi connectivity index (χ0n) is 12.1. The summed E-state index contributed by atoms with van der Waals surface area (Å²) in [6.45, 7) is 1.90. The van der Waals surface area contributed by atoms with Gasteiger partial charge < -0.3 is 10.6 Å². The lowest BCUT2D eigenvalue weighted by Gasteiger charge is -2.20. The first-order valence-corrected chi connectivity index (χ1v) is 7.94. The molecule has 1 amide bonds. The van der Waals surface area contributed by atoms with Crippen LogP contribution in [0.25, 0.3) is 0 Å². The Bertz CT molecular complexity index is 478. The highest BCUT2D eigenvalue weighted by Gasteiger charge is 2.17. The third-order valence-corrected chi connectivity index (χ3v) is 4.67. The molecule has 3 nitrogen and oxygen atoms in total. The van der Waals surface area contributed by atoms with E-state index in [2.05, 4.69) is 22.8 Å². The van der Waals surface area contributed by atoms with E-state index < -0.39 is 0 Å². The molecule has 3 rings (SSSR count). The van der Waals surface area contributed by atoms with Gasteiger partial charge in [0, 0.05) is 18.7 Å². The highest BCUT2D eigenvalue weighted by molar-refractivity contribution is 5.91. The number of nitrogens with one attached hydrogen (secondary N) is 2. The first kappa shape index (κ1) is 13.6. The van der Waals surface area contributed by atoms with Crippen molar-refractivity contribution in [3.8, 4) is 0 Å². The van der Waals surface area contributed by atoms with E-state index in [0.717, 1.165) is 37.5 Å². The zero-order valence-corrected chi connectivity index (χ0v) is 12.1. The minimum absolute atomic E-state index is 0.177. The number of hydrogen-bond acceptors (Lipinski definition) is 2. The van der Waals surface area contributed by atoms with Crippen molar-refractivity contribution in [3.05, 3.63) is 29.3 Å². The fourth-order valence-corrected chi connectivity index (χ4v) is 3.48. The summed E-state index contributed by atoms with van der Waals surface area (Å²) in [6.07, 6.45) is 8.12. The van der Waals surface area contributed by atoms with Crippen molar-refractivity contribution < 1.29 is 4.79 Å². The maximum atomic E-state index is 12.1. The van der Waals surface area contributed by atoms with E-state index in [-0.39, 0.29) is 5.91 Å². The lowest BCUT2D eigenvalue weighted by Crippen LogP contribution is -2.25. The summed E-state index contributed by atoms with van der Waals surface area (Å²) in [5.41, 5.74) is 3.65. The van der Waals surface area contributed by atoms with Crippen molar-refractivity contribution in [2.75, 3.05) is 11.9 Å². The van der Waals surface area contributed by atoms with Crippen LogP contribution < -0.4 is 10.6 Å². The molecule has 1 fully saturated rings. The van der Waals surface area contributed by atoms with Gasteiger partial charge in [0.05, 0.1) is 0 Å². The molecular weight excluding hydrogens is 248 g/mol. The molecule has 1 aliphatic heterocycles. The quantitative estimate of drug-likeness (QED) is 0.883. The van der Waals surface area contributed by atoms with Crippen LogP contribution in [0.1, 0.15) is 49.7 Å². The van der Waals surface area contributed by atoms with Crippen LogP contribution in [0.4, 0.5) is 5.69 Å². The topological polar surface area (TPSA) is 41.1 Å². The van der Waals surface area contributed by atoms with E-state index in [1.54, 1.807) is 0 Å². The van der Waals surface area contributed by atoms with Crippen LogP contribution >= 0.6 is 0 Å². The van der Waals surface area contributed by atoms with Gasteiger partial charge in [0.1, 0.15) is 0 Å². The Balaban J connectivity index is 1.58. The van der Waals surface area contributed by atoms with Gasteiger partial charge in [-0.15, -0.1) is 0 Å². The van der Waals surface area contributed by atoms with Crippen molar-refractivity contribution in [1.29, 1.82) is 0 Å². The van der Waals surface area contributed by atoms with Gasteiger partial charge in [-0.2, -0.15) is 0 Å². The van der Waals surface area contributed by atoms with Gasteiger partial charge >= 0.3 is 0 Å². The smallest absolute Gasteiger partial charge is 0.224 e. The predicted molar refractivity (Wildman–Crippen MR) is 81.7 cm³/mol. The number of carbonyl (C=O) groups is 1. The minimum atomic E-state index is 0.177. The van der Waals surface area contributed by atoms with Gasteiger partial charge in [-0.1, -0.05) is 37.8 Å². The summed E-state index contributed by atoms with van der Waals surface area (Å²) in [4.78, 5) is 12.1. The van der Waals surface area contributed by atoms with Crippen molar-refractivity contribution in [2.24, 2.45) is 5.92 Å². The second-order valence-corrected chi connectivity index (χ2v) is 6.11. The lowest BCUT2D eigenvalue weighted by molar-refractivity contribution is -0.116. The number of amides is 1. The lowest BCUT2D eigenvalue weighted by atomic mass is 9.98. The molecule has 0 saturated heterocycles. The second kappa shape index (κ2) is 6.40. The summed E-state index contributed by atoms with van der Waals surface area (Å²) >= 11 is 0. The molecule has 108 valence electrons. The van der Waals surface area contributed by atoms with E-state index in [4.69, 9.17) is 0 Å². The standard InChI is InChI=1S/C17H24N2O/c20-17(9-8-13-4-1-2-5-13)19-16-7-3-6-14-10-11-18-12-15(14)16/h3,6-7,13,18H,1-2,4-5,8-12H2,(H,19,20). The molecule has 20 heavy (non-hydrogen) atoms. The summed E-state index contributed by atoms with van der Waals surface area (Å²) in [5, 5.41) is 6.50. The van der Waals surface area contributed by atoms with Gasteiger partial charge in [-0.05, 0) is 42.5 Å². The minimum Gasteiger partial charge on any atom is -0.326 e. The molecule has 0 bridgehead atoms. The molecule has 0 unspecified atom stereocenters. The Morgan fingerprint density at radius 3 is 3.00 bits per heavy atom. The molecule has 1 aromatic carbocycles. The molecule has 0 radical (unpaired) electrons. The van der Waals surface area contributed by atoms with Crippen LogP contribution in [0, 0.1) is 5.92 Å². The maximum absolute atomic E-state index is 12.1. The monoisotopic (exact) mass is 272 g/mol. The first-order chi connectivity index (χ1) is 9.83. The van der Waals surface area contributed by atoms with Crippen LogP contribution in [0.15, 0.2) is 18.2 Å². The van der Waals surface area contributed by atoms with Crippen molar-refractivity contribution in [1.82, 2.24) is 5.32 Å². The second-order valence-electron chi connectivity index (χ2n) is 6.11. The summed E-state index contributed by atoms with van der Waals surface area (Å²) in [5.74, 6) is 0.961. The highest BCUT2D eigenvalue weighted by atomic mass is 16.1. The average molecular weight is 272 g/mol. The number of fused-ring (bicyclic) bond motifs is 1. The van der Waals surface area contributed by atoms with Crippen molar-refractivity contribution in [3.63, 3.8) is 0 Å². The molecule has 1 heterocycles. The Morgan fingerprint density at radius 2 is 2.15 bits per heavy atom. The van der Waals surface area contributed by atoms with Gasteiger partial charge in [0.2, 0.25) is 5.91 Å². The summed E-state index contributed by atoms with van der Waals surface area (Å²) in [6, 6.07) is 6.25. The third-order valence-electron chi connectivity index (χ3n) is 4.67. The normalized spacial score (nSPS) is 18.8. The number of carbonyl (C=O) groups excluding carboxylic acids is 1. The van der Waals surface area contributed by atoms with Gasteiger partial charge in [0.15, 0.2) is 0 Å². The first-order valence-electron chi connectivity index (χ1n) is 7.94. The molecule has 0 atom stereocenters. The fraction of sp³-hybridized carbons (Fsp3) is 0.588. The van der Waals surface area contributed by atoms with Crippen LogP contribution in [-0.2, 0) is 17.8 Å². The molecule has 1 saturated carbocycles. The van der Waals surface area contributed by atoms with E-state index in [9.17, 15) is 4.79 Å². The van der Waals surface area contributed by atoms with Gasteiger partial charge in [-0.3, -0.25) is 4.79 Å². The Hall–Kier alpha value is -1.35. The van der Waals surface area contributed by atoms with Crippen molar-refractivity contribution in [2.45, 2.75) is 51.5 Å². The Kier molecular flexibility index (Phi) is 4.36. The Labute approximate surface area is 121 Å². The molecule has 0 spiro atoms. The molecule has 0 aromatic heterocycles. The highest BCUT2D eigenvalue weighted by Crippen LogP contribution is 2.29. The zero-order chi connectivity index (χ0) is 13.8.